The van der Waals surface area contributed by atoms with Gasteiger partial charge in [0.15, 0.2) is 0 Å². The smallest absolute Gasteiger partial charge is 0.224 e. The minimum atomic E-state index is -0.420. The van der Waals surface area contributed by atoms with E-state index in [2.05, 4.69) is 15.3 Å². The number of carbonyl (C=O) groups excluding carboxylic acids is 1. The Bertz CT molecular complexity index is 608. The summed E-state index contributed by atoms with van der Waals surface area (Å²) >= 11 is 0. The lowest BCUT2D eigenvalue weighted by Gasteiger charge is -2.08. The highest BCUT2D eigenvalue weighted by atomic mass is 19.1. The molecule has 0 saturated carbocycles. The number of aromatic nitrogens is 2. The molecule has 1 amide bonds. The Hall–Kier alpha value is -2.04. The summed E-state index contributed by atoms with van der Waals surface area (Å²) in [5, 5.41) is 3.37. The molecule has 0 aliphatic carbocycles. The molecule has 0 bridgehead atoms. The first-order valence-corrected chi connectivity index (χ1v) is 6.33. The predicted octanol–water partition coefficient (Wildman–Crippen LogP) is 3.21. The summed E-state index contributed by atoms with van der Waals surface area (Å²) in [7, 11) is 0. The lowest BCUT2D eigenvalue weighted by atomic mass is 10.2. The minimum Gasteiger partial charge on any atom is -0.325 e. The standard InChI is InChI=1S/C14H16FN3O/c1-3-4-5-14(19)18-13-7-10(15)6-12-11(13)8-16-9(2)17-12/h6-8H,3-5H2,1-2H3,(H,18,19). The molecule has 1 aromatic heterocycles. The number of halogens is 1. The van der Waals surface area contributed by atoms with Crippen LogP contribution in [0.3, 0.4) is 0 Å². The largest absolute Gasteiger partial charge is 0.325 e. The maximum Gasteiger partial charge on any atom is 0.224 e. The predicted molar refractivity (Wildman–Crippen MR) is 72.4 cm³/mol. The third-order valence-electron chi connectivity index (χ3n) is 2.82. The van der Waals surface area contributed by atoms with Crippen molar-refractivity contribution in [1.29, 1.82) is 0 Å². The molecule has 2 rings (SSSR count). The quantitative estimate of drug-likeness (QED) is 0.919. The molecular weight excluding hydrogens is 245 g/mol. The lowest BCUT2D eigenvalue weighted by Crippen LogP contribution is -2.11. The normalized spacial score (nSPS) is 10.7. The van der Waals surface area contributed by atoms with E-state index in [0.717, 1.165) is 12.8 Å². The highest BCUT2D eigenvalue weighted by Gasteiger charge is 2.09. The van der Waals surface area contributed by atoms with Gasteiger partial charge in [-0.2, -0.15) is 0 Å². The molecule has 19 heavy (non-hydrogen) atoms. The molecule has 1 heterocycles. The van der Waals surface area contributed by atoms with Gasteiger partial charge in [0.05, 0.1) is 11.2 Å². The Morgan fingerprint density at radius 1 is 1.42 bits per heavy atom. The number of benzene rings is 1. The van der Waals surface area contributed by atoms with Gasteiger partial charge in [-0.25, -0.2) is 14.4 Å². The average molecular weight is 261 g/mol. The van der Waals surface area contributed by atoms with Gasteiger partial charge in [-0.15, -0.1) is 0 Å². The van der Waals surface area contributed by atoms with Crippen LogP contribution in [-0.4, -0.2) is 15.9 Å². The number of hydrogen-bond acceptors (Lipinski definition) is 3. The molecule has 1 N–H and O–H groups in total. The zero-order valence-corrected chi connectivity index (χ0v) is 11.0. The first-order chi connectivity index (χ1) is 9.10. The Labute approximate surface area is 111 Å². The van der Waals surface area contributed by atoms with E-state index in [4.69, 9.17) is 0 Å². The van der Waals surface area contributed by atoms with Gasteiger partial charge in [0.25, 0.3) is 0 Å². The van der Waals surface area contributed by atoms with Crippen molar-refractivity contribution >= 4 is 22.5 Å². The summed E-state index contributed by atoms with van der Waals surface area (Å²) in [6, 6.07) is 2.64. The first-order valence-electron chi connectivity index (χ1n) is 6.33. The third kappa shape index (κ3) is 3.24. The van der Waals surface area contributed by atoms with E-state index < -0.39 is 5.82 Å². The van der Waals surface area contributed by atoms with Crippen molar-refractivity contribution in [3.63, 3.8) is 0 Å². The highest BCUT2D eigenvalue weighted by Crippen LogP contribution is 2.23. The van der Waals surface area contributed by atoms with Crippen LogP contribution in [0, 0.1) is 12.7 Å². The fourth-order valence-electron chi connectivity index (χ4n) is 1.85. The van der Waals surface area contributed by atoms with Gasteiger partial charge in [0.1, 0.15) is 11.6 Å². The number of aryl methyl sites for hydroxylation is 1. The summed E-state index contributed by atoms with van der Waals surface area (Å²) in [5.74, 6) is 0.0343. The molecule has 1 aromatic carbocycles. The molecular formula is C14H16FN3O. The zero-order valence-electron chi connectivity index (χ0n) is 11.0. The van der Waals surface area contributed by atoms with Crippen molar-refractivity contribution in [2.45, 2.75) is 33.1 Å². The molecule has 0 aliphatic rings. The molecule has 2 aromatic rings. The van der Waals surface area contributed by atoms with Crippen molar-refractivity contribution in [3.05, 3.63) is 30.0 Å². The Balaban J connectivity index is 2.34. The van der Waals surface area contributed by atoms with Crippen LogP contribution >= 0.6 is 0 Å². The van der Waals surface area contributed by atoms with E-state index in [1.807, 2.05) is 6.92 Å². The lowest BCUT2D eigenvalue weighted by molar-refractivity contribution is -0.116. The molecule has 0 saturated heterocycles. The highest BCUT2D eigenvalue weighted by molar-refractivity contribution is 6.00. The number of hydrogen-bond donors (Lipinski definition) is 1. The maximum atomic E-state index is 13.5. The fourth-order valence-corrected chi connectivity index (χ4v) is 1.85. The number of fused-ring (bicyclic) bond motifs is 1. The molecule has 0 atom stereocenters. The zero-order chi connectivity index (χ0) is 13.8. The van der Waals surface area contributed by atoms with E-state index in [1.165, 1.54) is 12.1 Å². The second-order valence-electron chi connectivity index (χ2n) is 4.46. The topological polar surface area (TPSA) is 54.9 Å². The minimum absolute atomic E-state index is 0.116. The molecule has 0 spiro atoms. The molecule has 0 unspecified atom stereocenters. The van der Waals surface area contributed by atoms with Gasteiger partial charge in [0.2, 0.25) is 5.91 Å². The van der Waals surface area contributed by atoms with E-state index in [0.29, 0.717) is 28.8 Å². The molecule has 5 heteroatoms. The van der Waals surface area contributed by atoms with Crippen LogP contribution in [0.25, 0.3) is 10.9 Å². The van der Waals surface area contributed by atoms with Crippen LogP contribution < -0.4 is 5.32 Å². The van der Waals surface area contributed by atoms with Crippen LogP contribution in [-0.2, 0) is 4.79 Å². The second kappa shape index (κ2) is 5.73. The van der Waals surface area contributed by atoms with Crippen molar-refractivity contribution in [1.82, 2.24) is 9.97 Å². The summed E-state index contributed by atoms with van der Waals surface area (Å²) in [6.07, 6.45) is 3.79. The first kappa shape index (κ1) is 13.4. The average Bonchev–Trinajstić information content (AvgIpc) is 2.35. The second-order valence-corrected chi connectivity index (χ2v) is 4.46. The maximum absolute atomic E-state index is 13.5. The molecule has 100 valence electrons. The molecule has 0 fully saturated rings. The number of rotatable bonds is 4. The molecule has 0 radical (unpaired) electrons. The van der Waals surface area contributed by atoms with E-state index in [-0.39, 0.29) is 5.91 Å². The van der Waals surface area contributed by atoms with Crippen molar-refractivity contribution in [3.8, 4) is 0 Å². The number of nitrogens with one attached hydrogen (secondary N) is 1. The van der Waals surface area contributed by atoms with Crippen LogP contribution in [0.5, 0.6) is 0 Å². The Morgan fingerprint density at radius 3 is 2.95 bits per heavy atom. The number of nitrogens with zero attached hydrogens (tertiary/aromatic N) is 2. The van der Waals surface area contributed by atoms with Crippen LogP contribution in [0.2, 0.25) is 0 Å². The molecule has 4 nitrogen and oxygen atoms in total. The van der Waals surface area contributed by atoms with E-state index in [1.54, 1.807) is 13.1 Å². The Kier molecular flexibility index (Phi) is 4.04. The van der Waals surface area contributed by atoms with Gasteiger partial charge in [-0.3, -0.25) is 4.79 Å². The SMILES string of the molecule is CCCCC(=O)Nc1cc(F)cc2nc(C)ncc12. The number of unbranched alkanes of at least 4 members (excludes halogenated alkanes) is 1. The van der Waals surface area contributed by atoms with Gasteiger partial charge in [-0.1, -0.05) is 13.3 Å². The molecule has 0 aliphatic heterocycles. The van der Waals surface area contributed by atoms with Gasteiger partial charge in [-0.05, 0) is 19.4 Å². The van der Waals surface area contributed by atoms with E-state index in [9.17, 15) is 9.18 Å². The number of amides is 1. The van der Waals surface area contributed by atoms with Crippen LogP contribution in [0.4, 0.5) is 10.1 Å². The van der Waals surface area contributed by atoms with Crippen LogP contribution in [0.15, 0.2) is 18.3 Å². The van der Waals surface area contributed by atoms with E-state index >= 15 is 0 Å². The fraction of sp³-hybridized carbons (Fsp3) is 0.357. The van der Waals surface area contributed by atoms with Crippen LogP contribution in [0.1, 0.15) is 32.0 Å². The summed E-state index contributed by atoms with van der Waals surface area (Å²) in [5.41, 5.74) is 0.925. The number of anilines is 1. The van der Waals surface area contributed by atoms with Gasteiger partial charge in [0, 0.05) is 24.1 Å². The Morgan fingerprint density at radius 2 is 2.21 bits per heavy atom. The van der Waals surface area contributed by atoms with Crippen molar-refractivity contribution < 1.29 is 9.18 Å². The number of carbonyl (C=O) groups is 1. The third-order valence-corrected chi connectivity index (χ3v) is 2.82. The van der Waals surface area contributed by atoms with Crippen molar-refractivity contribution in [2.75, 3.05) is 5.32 Å². The van der Waals surface area contributed by atoms with Gasteiger partial charge < -0.3 is 5.32 Å². The summed E-state index contributed by atoms with van der Waals surface area (Å²) < 4.78 is 13.5. The monoisotopic (exact) mass is 261 g/mol. The van der Waals surface area contributed by atoms with Gasteiger partial charge >= 0.3 is 0 Å². The summed E-state index contributed by atoms with van der Waals surface area (Å²) in [4.78, 5) is 20.0. The summed E-state index contributed by atoms with van der Waals surface area (Å²) in [6.45, 7) is 3.76. The van der Waals surface area contributed by atoms with Crippen molar-refractivity contribution in [2.24, 2.45) is 0 Å².